The normalized spacial score (nSPS) is 26.8. The van der Waals surface area contributed by atoms with Gasteiger partial charge >= 0.3 is 0 Å². The van der Waals surface area contributed by atoms with Crippen LogP contribution in [0.15, 0.2) is 18.2 Å². The Kier molecular flexibility index (Phi) is 3.95. The van der Waals surface area contributed by atoms with E-state index in [2.05, 4.69) is 16.8 Å². The van der Waals surface area contributed by atoms with E-state index >= 15 is 0 Å². The van der Waals surface area contributed by atoms with Crippen molar-refractivity contribution in [3.63, 3.8) is 0 Å². The third-order valence-electron chi connectivity index (χ3n) is 5.00. The maximum Gasteiger partial charge on any atom is 0.138 e. The number of hydrogen-bond acceptors (Lipinski definition) is 3. The van der Waals surface area contributed by atoms with Crippen molar-refractivity contribution in [2.24, 2.45) is 5.73 Å². The Morgan fingerprint density at radius 3 is 2.86 bits per heavy atom. The van der Waals surface area contributed by atoms with Gasteiger partial charge in [0.15, 0.2) is 0 Å². The Hall–Kier alpha value is -1.46. The molecule has 21 heavy (non-hydrogen) atoms. The van der Waals surface area contributed by atoms with Crippen LogP contribution in [0.2, 0.25) is 0 Å². The van der Waals surface area contributed by atoms with Crippen molar-refractivity contribution in [3.05, 3.63) is 35.1 Å². The van der Waals surface area contributed by atoms with E-state index in [0.29, 0.717) is 24.2 Å². The average Bonchev–Trinajstić information content (AvgIpc) is 2.68. The molecule has 0 saturated carbocycles. The summed E-state index contributed by atoms with van der Waals surface area (Å²) >= 11 is 0. The number of benzene rings is 1. The van der Waals surface area contributed by atoms with Crippen molar-refractivity contribution >= 4 is 5.84 Å². The number of nitrogens with one attached hydrogen (secondary N) is 1. The molecule has 2 fully saturated rings. The number of nitrogens with zero attached hydrogens (tertiary/aromatic N) is 2. The van der Waals surface area contributed by atoms with Gasteiger partial charge in [-0.05, 0) is 32.4 Å². The smallest absolute Gasteiger partial charge is 0.138 e. The van der Waals surface area contributed by atoms with E-state index in [0.717, 1.165) is 19.5 Å². The minimum atomic E-state index is -0.340. The van der Waals surface area contributed by atoms with Crippen LogP contribution in [0.5, 0.6) is 0 Å². The van der Waals surface area contributed by atoms with Gasteiger partial charge < -0.3 is 5.73 Å². The summed E-state index contributed by atoms with van der Waals surface area (Å²) in [6.45, 7) is 2.61. The lowest BCUT2D eigenvalue weighted by Gasteiger charge is -2.26. The second-order valence-electron chi connectivity index (χ2n) is 6.27. The van der Waals surface area contributed by atoms with Gasteiger partial charge in [-0.2, -0.15) is 0 Å². The molecule has 4 nitrogen and oxygen atoms in total. The number of hydrogen-bond donors (Lipinski definition) is 2. The minimum absolute atomic E-state index is 0.205. The van der Waals surface area contributed by atoms with Crippen LogP contribution in [0, 0.1) is 11.2 Å². The van der Waals surface area contributed by atoms with Crippen molar-refractivity contribution in [2.45, 2.75) is 37.9 Å². The highest BCUT2D eigenvalue weighted by atomic mass is 19.1. The SMILES string of the molecule is CN1C2CCC1CN(Cc1cccc(C(=N)N)c1F)CC2. The zero-order valence-corrected chi connectivity index (χ0v) is 12.5. The van der Waals surface area contributed by atoms with E-state index < -0.39 is 0 Å². The number of likely N-dealkylation sites (N-methyl/N-ethyl adjacent to an activating group) is 1. The summed E-state index contributed by atoms with van der Waals surface area (Å²) < 4.78 is 14.4. The molecule has 2 heterocycles. The quantitative estimate of drug-likeness (QED) is 0.659. The van der Waals surface area contributed by atoms with Crippen molar-refractivity contribution in [1.82, 2.24) is 9.80 Å². The zero-order chi connectivity index (χ0) is 15.0. The molecule has 0 spiro atoms. The molecule has 2 bridgehead atoms. The Labute approximate surface area is 125 Å². The highest BCUT2D eigenvalue weighted by Crippen LogP contribution is 2.29. The van der Waals surface area contributed by atoms with Crippen LogP contribution in [-0.4, -0.2) is 47.9 Å². The number of nitrogen functional groups attached to an aromatic ring is 1. The molecule has 3 N–H and O–H groups in total. The molecule has 5 heteroatoms. The van der Waals surface area contributed by atoms with Gasteiger partial charge in [0, 0.05) is 37.3 Å². The molecule has 2 aliphatic rings. The first-order valence-electron chi connectivity index (χ1n) is 7.62. The van der Waals surface area contributed by atoms with E-state index in [1.54, 1.807) is 18.2 Å². The number of likely N-dealkylation sites (tertiary alicyclic amines) is 1. The molecule has 1 aromatic rings. The molecule has 0 aliphatic carbocycles. The standard InChI is InChI=1S/C16H23FN4/c1-20-12-5-6-13(20)10-21(8-7-12)9-11-3-2-4-14(15(11)17)16(18)19/h2-4,12-13H,5-10H2,1H3,(H3,18,19). The summed E-state index contributed by atoms with van der Waals surface area (Å²) in [4.78, 5) is 4.82. The van der Waals surface area contributed by atoms with Crippen LogP contribution >= 0.6 is 0 Å². The fourth-order valence-electron chi connectivity index (χ4n) is 3.67. The van der Waals surface area contributed by atoms with E-state index in [9.17, 15) is 4.39 Å². The predicted molar refractivity (Wildman–Crippen MR) is 81.9 cm³/mol. The molecule has 2 saturated heterocycles. The first-order chi connectivity index (χ1) is 10.1. The molecule has 114 valence electrons. The van der Waals surface area contributed by atoms with E-state index in [-0.39, 0.29) is 17.2 Å². The Bertz CT molecular complexity index is 545. The van der Waals surface area contributed by atoms with Crippen molar-refractivity contribution in [1.29, 1.82) is 5.41 Å². The van der Waals surface area contributed by atoms with E-state index in [4.69, 9.17) is 11.1 Å². The number of nitrogens with two attached hydrogens (primary N) is 1. The molecule has 0 aromatic heterocycles. The summed E-state index contributed by atoms with van der Waals surface area (Å²) in [5.41, 5.74) is 6.28. The minimum Gasteiger partial charge on any atom is -0.384 e. The second kappa shape index (κ2) is 5.73. The second-order valence-corrected chi connectivity index (χ2v) is 6.27. The maximum absolute atomic E-state index is 14.4. The highest BCUT2D eigenvalue weighted by molar-refractivity contribution is 5.95. The van der Waals surface area contributed by atoms with Crippen LogP contribution in [0.25, 0.3) is 0 Å². The van der Waals surface area contributed by atoms with E-state index in [1.807, 2.05) is 0 Å². The summed E-state index contributed by atoms with van der Waals surface area (Å²) in [5, 5.41) is 7.44. The first kappa shape index (κ1) is 14.5. The fraction of sp³-hybridized carbons (Fsp3) is 0.562. The topological polar surface area (TPSA) is 56.4 Å². The van der Waals surface area contributed by atoms with Gasteiger partial charge in [0.2, 0.25) is 0 Å². The van der Waals surface area contributed by atoms with Crippen molar-refractivity contribution in [2.75, 3.05) is 20.1 Å². The third-order valence-corrected chi connectivity index (χ3v) is 5.00. The molecule has 3 rings (SSSR count). The van der Waals surface area contributed by atoms with Crippen LogP contribution in [0.4, 0.5) is 4.39 Å². The first-order valence-corrected chi connectivity index (χ1v) is 7.62. The maximum atomic E-state index is 14.4. The molecular formula is C16H23FN4. The Morgan fingerprint density at radius 2 is 2.10 bits per heavy atom. The lowest BCUT2D eigenvalue weighted by atomic mass is 10.1. The monoisotopic (exact) mass is 290 g/mol. The van der Waals surface area contributed by atoms with Gasteiger partial charge in [-0.15, -0.1) is 0 Å². The van der Waals surface area contributed by atoms with Crippen molar-refractivity contribution in [3.8, 4) is 0 Å². The van der Waals surface area contributed by atoms with Gasteiger partial charge in [-0.1, -0.05) is 12.1 Å². The molecule has 0 amide bonds. The lowest BCUT2D eigenvalue weighted by Crippen LogP contribution is -2.36. The highest BCUT2D eigenvalue weighted by Gasteiger charge is 2.34. The van der Waals surface area contributed by atoms with Gasteiger partial charge in [-0.3, -0.25) is 15.2 Å². The average molecular weight is 290 g/mol. The van der Waals surface area contributed by atoms with Crippen LogP contribution in [-0.2, 0) is 6.54 Å². The Morgan fingerprint density at radius 1 is 1.33 bits per heavy atom. The fourth-order valence-corrected chi connectivity index (χ4v) is 3.67. The van der Waals surface area contributed by atoms with Gasteiger partial charge in [0.05, 0.1) is 5.56 Å². The van der Waals surface area contributed by atoms with E-state index in [1.165, 1.54) is 12.8 Å². The molecular weight excluding hydrogens is 267 g/mol. The number of fused-ring (bicyclic) bond motifs is 2. The summed E-state index contributed by atoms with van der Waals surface area (Å²) in [6, 6.07) is 6.43. The third kappa shape index (κ3) is 2.80. The summed E-state index contributed by atoms with van der Waals surface area (Å²) in [6.07, 6.45) is 3.69. The molecule has 0 radical (unpaired) electrons. The summed E-state index contributed by atoms with van der Waals surface area (Å²) in [5.74, 6) is -0.545. The Balaban J connectivity index is 1.75. The number of rotatable bonds is 3. The van der Waals surface area contributed by atoms with Gasteiger partial charge in [0.25, 0.3) is 0 Å². The number of halogens is 1. The summed E-state index contributed by atoms with van der Waals surface area (Å²) in [7, 11) is 2.21. The van der Waals surface area contributed by atoms with Crippen LogP contribution in [0.1, 0.15) is 30.4 Å². The molecule has 2 atom stereocenters. The van der Waals surface area contributed by atoms with Gasteiger partial charge in [0.1, 0.15) is 11.7 Å². The largest absolute Gasteiger partial charge is 0.384 e. The molecule has 2 unspecified atom stereocenters. The molecule has 1 aromatic carbocycles. The van der Waals surface area contributed by atoms with Crippen LogP contribution in [0.3, 0.4) is 0 Å². The predicted octanol–water partition coefficient (Wildman–Crippen LogP) is 1.78. The zero-order valence-electron chi connectivity index (χ0n) is 12.5. The number of amidine groups is 1. The van der Waals surface area contributed by atoms with Gasteiger partial charge in [-0.25, -0.2) is 4.39 Å². The molecule has 2 aliphatic heterocycles. The lowest BCUT2D eigenvalue weighted by molar-refractivity contribution is 0.213. The van der Waals surface area contributed by atoms with Crippen molar-refractivity contribution < 1.29 is 4.39 Å². The van der Waals surface area contributed by atoms with Crippen LogP contribution < -0.4 is 5.73 Å².